The highest BCUT2D eigenvalue weighted by Gasteiger charge is 2.23. The van der Waals surface area contributed by atoms with Gasteiger partial charge in [0.2, 0.25) is 0 Å². The minimum atomic E-state index is -0.907. The molecule has 2 aromatic heterocycles. The highest BCUT2D eigenvalue weighted by Crippen LogP contribution is 2.44. The van der Waals surface area contributed by atoms with Crippen molar-refractivity contribution in [1.29, 1.82) is 0 Å². The Hall–Kier alpha value is -2.89. The number of carboxylic acid groups (broad SMARTS) is 1. The standard InChI is InChI=1S/C21H17NO3S/c1-25-13-22-16-12-17(21(23)24)26-20(16)18(14-8-4-2-5-9-14)19(22)15-10-6-3-7-11-15/h2-12H,13H2,1H3,(H,23,24). The second-order valence-corrected chi connectivity index (χ2v) is 6.98. The summed E-state index contributed by atoms with van der Waals surface area (Å²) in [4.78, 5) is 11.8. The topological polar surface area (TPSA) is 51.5 Å². The van der Waals surface area contributed by atoms with Gasteiger partial charge in [-0.3, -0.25) is 0 Å². The van der Waals surface area contributed by atoms with Crippen molar-refractivity contribution in [2.45, 2.75) is 6.73 Å². The fourth-order valence-corrected chi connectivity index (χ4v) is 4.33. The molecule has 2 aromatic carbocycles. The van der Waals surface area contributed by atoms with E-state index in [1.165, 1.54) is 11.3 Å². The lowest BCUT2D eigenvalue weighted by Gasteiger charge is -2.12. The summed E-state index contributed by atoms with van der Waals surface area (Å²) in [6.45, 7) is 0.351. The van der Waals surface area contributed by atoms with Crippen molar-refractivity contribution in [1.82, 2.24) is 4.57 Å². The van der Waals surface area contributed by atoms with Crippen LogP contribution >= 0.6 is 11.3 Å². The average molecular weight is 363 g/mol. The smallest absolute Gasteiger partial charge is 0.345 e. The lowest BCUT2D eigenvalue weighted by Crippen LogP contribution is -2.02. The first kappa shape index (κ1) is 16.6. The number of carboxylic acids is 1. The first-order valence-corrected chi connectivity index (χ1v) is 9.01. The molecule has 0 atom stereocenters. The number of methoxy groups -OCH3 is 1. The van der Waals surface area contributed by atoms with Crippen LogP contribution in [0.15, 0.2) is 66.7 Å². The molecule has 4 aromatic rings. The maximum atomic E-state index is 11.5. The van der Waals surface area contributed by atoms with Crippen LogP contribution in [0.4, 0.5) is 0 Å². The summed E-state index contributed by atoms with van der Waals surface area (Å²) in [6.07, 6.45) is 0. The zero-order chi connectivity index (χ0) is 18.1. The molecule has 0 saturated heterocycles. The Kier molecular flexibility index (Phi) is 4.32. The van der Waals surface area contributed by atoms with Gasteiger partial charge in [-0.25, -0.2) is 4.79 Å². The van der Waals surface area contributed by atoms with Crippen LogP contribution in [0.25, 0.3) is 32.6 Å². The minimum absolute atomic E-state index is 0.330. The van der Waals surface area contributed by atoms with E-state index in [0.717, 1.165) is 32.6 Å². The van der Waals surface area contributed by atoms with Crippen LogP contribution in [0.1, 0.15) is 9.67 Å². The molecule has 1 N–H and O–H groups in total. The summed E-state index contributed by atoms with van der Waals surface area (Å²) in [5.41, 5.74) is 5.10. The molecule has 4 nitrogen and oxygen atoms in total. The Balaban J connectivity index is 2.11. The van der Waals surface area contributed by atoms with Gasteiger partial charge in [0.25, 0.3) is 0 Å². The molecule has 26 heavy (non-hydrogen) atoms. The van der Waals surface area contributed by atoms with E-state index in [2.05, 4.69) is 28.8 Å². The highest BCUT2D eigenvalue weighted by molar-refractivity contribution is 7.21. The summed E-state index contributed by atoms with van der Waals surface area (Å²) in [5, 5.41) is 9.44. The Bertz CT molecular complexity index is 1070. The number of rotatable bonds is 5. The van der Waals surface area contributed by atoms with Gasteiger partial charge in [-0.2, -0.15) is 0 Å². The molecule has 0 spiro atoms. The molecule has 5 heteroatoms. The maximum Gasteiger partial charge on any atom is 0.345 e. The second-order valence-electron chi connectivity index (χ2n) is 5.93. The van der Waals surface area contributed by atoms with Gasteiger partial charge in [0.05, 0.1) is 15.9 Å². The van der Waals surface area contributed by atoms with Crippen LogP contribution in [0.2, 0.25) is 0 Å². The number of benzene rings is 2. The molecule has 130 valence electrons. The number of fused-ring (bicyclic) bond motifs is 1. The largest absolute Gasteiger partial charge is 0.477 e. The third-order valence-electron chi connectivity index (χ3n) is 4.32. The molecule has 0 fully saturated rings. The zero-order valence-electron chi connectivity index (χ0n) is 14.2. The summed E-state index contributed by atoms with van der Waals surface area (Å²) >= 11 is 1.31. The molecule has 0 radical (unpaired) electrons. The summed E-state index contributed by atoms with van der Waals surface area (Å²) in [6, 6.07) is 21.9. The molecule has 0 aliphatic carbocycles. The van der Waals surface area contributed by atoms with E-state index in [4.69, 9.17) is 4.74 Å². The number of hydrogen-bond donors (Lipinski definition) is 1. The van der Waals surface area contributed by atoms with Gasteiger partial charge in [0, 0.05) is 12.7 Å². The molecular weight excluding hydrogens is 346 g/mol. The van der Waals surface area contributed by atoms with Gasteiger partial charge in [-0.05, 0) is 17.2 Å². The number of thiophene rings is 1. The maximum absolute atomic E-state index is 11.5. The monoisotopic (exact) mass is 363 g/mol. The van der Waals surface area contributed by atoms with Crippen molar-refractivity contribution < 1.29 is 14.6 Å². The molecule has 2 heterocycles. The normalized spacial score (nSPS) is 11.1. The third-order valence-corrected chi connectivity index (χ3v) is 5.45. The molecule has 0 saturated carbocycles. The van der Waals surface area contributed by atoms with Crippen molar-refractivity contribution in [2.75, 3.05) is 7.11 Å². The molecule has 0 unspecified atom stereocenters. The van der Waals surface area contributed by atoms with Gasteiger partial charge < -0.3 is 14.4 Å². The van der Waals surface area contributed by atoms with Gasteiger partial charge in [-0.1, -0.05) is 60.7 Å². The van der Waals surface area contributed by atoms with Gasteiger partial charge >= 0.3 is 5.97 Å². The fourth-order valence-electron chi connectivity index (χ4n) is 3.26. The highest BCUT2D eigenvalue weighted by atomic mass is 32.1. The molecule has 0 bridgehead atoms. The Morgan fingerprint density at radius 3 is 2.23 bits per heavy atom. The van der Waals surface area contributed by atoms with Crippen molar-refractivity contribution in [3.63, 3.8) is 0 Å². The Labute approximate surface area is 154 Å². The van der Waals surface area contributed by atoms with Crippen LogP contribution < -0.4 is 0 Å². The molecule has 0 amide bonds. The number of carbonyl (C=O) groups is 1. The zero-order valence-corrected chi connectivity index (χ0v) is 15.0. The predicted molar refractivity (Wildman–Crippen MR) is 105 cm³/mol. The van der Waals surface area contributed by atoms with E-state index < -0.39 is 5.97 Å². The summed E-state index contributed by atoms with van der Waals surface area (Å²) in [7, 11) is 1.65. The molecule has 4 rings (SSSR count). The average Bonchev–Trinajstić information content (AvgIpc) is 3.22. The Morgan fingerprint density at radius 1 is 1.04 bits per heavy atom. The van der Waals surface area contributed by atoms with Gasteiger partial charge in [-0.15, -0.1) is 11.3 Å². The van der Waals surface area contributed by atoms with E-state index in [0.29, 0.717) is 11.6 Å². The van der Waals surface area contributed by atoms with E-state index in [1.54, 1.807) is 13.2 Å². The van der Waals surface area contributed by atoms with Crippen LogP contribution in [-0.2, 0) is 11.5 Å². The van der Waals surface area contributed by atoms with E-state index in [9.17, 15) is 9.90 Å². The molecule has 0 aliphatic rings. The van der Waals surface area contributed by atoms with Crippen molar-refractivity contribution in [2.24, 2.45) is 0 Å². The van der Waals surface area contributed by atoms with E-state index >= 15 is 0 Å². The second kappa shape index (κ2) is 6.78. The van der Waals surface area contributed by atoms with Crippen molar-refractivity contribution >= 4 is 27.5 Å². The van der Waals surface area contributed by atoms with Gasteiger partial charge in [0.15, 0.2) is 0 Å². The third kappa shape index (κ3) is 2.71. The number of hydrogen-bond acceptors (Lipinski definition) is 3. The van der Waals surface area contributed by atoms with E-state index in [-0.39, 0.29) is 0 Å². The van der Waals surface area contributed by atoms with E-state index in [1.807, 2.05) is 36.4 Å². The molecular formula is C21H17NO3S. The molecule has 0 aliphatic heterocycles. The van der Waals surface area contributed by atoms with Crippen molar-refractivity contribution in [3.8, 4) is 22.4 Å². The van der Waals surface area contributed by atoms with Crippen LogP contribution in [0, 0.1) is 0 Å². The first-order chi connectivity index (χ1) is 12.7. The van der Waals surface area contributed by atoms with Crippen LogP contribution in [0.5, 0.6) is 0 Å². The lowest BCUT2D eigenvalue weighted by molar-refractivity contribution is 0.0702. The van der Waals surface area contributed by atoms with Gasteiger partial charge in [0.1, 0.15) is 11.6 Å². The summed E-state index contributed by atoms with van der Waals surface area (Å²) < 4.78 is 8.45. The minimum Gasteiger partial charge on any atom is -0.477 e. The SMILES string of the molecule is COCn1c(-c2ccccc2)c(-c2ccccc2)c2sc(C(=O)O)cc21. The Morgan fingerprint density at radius 2 is 1.65 bits per heavy atom. The van der Waals surface area contributed by atoms with Crippen molar-refractivity contribution in [3.05, 3.63) is 71.6 Å². The number of nitrogens with zero attached hydrogens (tertiary/aromatic N) is 1. The van der Waals surface area contributed by atoms with Crippen LogP contribution in [-0.4, -0.2) is 22.8 Å². The number of aromatic carboxylic acids is 1. The van der Waals surface area contributed by atoms with Crippen LogP contribution in [0.3, 0.4) is 0 Å². The lowest BCUT2D eigenvalue weighted by atomic mass is 10.0. The first-order valence-electron chi connectivity index (χ1n) is 8.20. The quantitative estimate of drug-likeness (QED) is 0.521. The summed E-state index contributed by atoms with van der Waals surface area (Å²) in [5.74, 6) is -0.907. The number of ether oxygens (including phenoxy) is 1. The fraction of sp³-hybridized carbons (Fsp3) is 0.0952. The predicted octanol–water partition coefficient (Wildman–Crippen LogP) is 5.34. The number of aromatic nitrogens is 1.